The van der Waals surface area contributed by atoms with E-state index in [0.29, 0.717) is 11.9 Å². The predicted molar refractivity (Wildman–Crippen MR) is 85.7 cm³/mol. The van der Waals surface area contributed by atoms with E-state index in [1.807, 2.05) is 25.1 Å². The monoisotopic (exact) mass is 302 g/mol. The Morgan fingerprint density at radius 1 is 1.18 bits per heavy atom. The first-order chi connectivity index (χ1) is 10.6. The smallest absolute Gasteiger partial charge is 0.189 e. The van der Waals surface area contributed by atoms with Gasteiger partial charge in [0, 0.05) is 67.3 Å². The summed E-state index contributed by atoms with van der Waals surface area (Å²) in [6, 6.07) is 7.48. The quantitative estimate of drug-likeness (QED) is 0.783. The fraction of sp³-hybridized carbons (Fsp3) is 0.471. The van der Waals surface area contributed by atoms with Gasteiger partial charge in [-0.15, -0.1) is 0 Å². The van der Waals surface area contributed by atoms with E-state index in [2.05, 4.69) is 9.88 Å². The molecule has 5 heteroatoms. The standard InChI is InChI=1S/C17H22N2O3/c1-11-2-3-16-15(4-11)17(22)5-14(18-16)8-19-6-12(9-20)13(7-19)10-21/h2-5,12-13,20-21H,6-10H2,1H3,(H,18,22)/t12-,13-/m0/s1. The molecular weight excluding hydrogens is 280 g/mol. The van der Waals surface area contributed by atoms with Crippen LogP contribution in [0.5, 0.6) is 0 Å². The number of aryl methyl sites for hydroxylation is 1. The molecule has 22 heavy (non-hydrogen) atoms. The van der Waals surface area contributed by atoms with Crippen LogP contribution in [0.3, 0.4) is 0 Å². The van der Waals surface area contributed by atoms with Crippen LogP contribution in [0.25, 0.3) is 10.9 Å². The van der Waals surface area contributed by atoms with Crippen molar-refractivity contribution in [2.45, 2.75) is 13.5 Å². The Labute approximate surface area is 129 Å². The van der Waals surface area contributed by atoms with Gasteiger partial charge in [-0.1, -0.05) is 11.6 Å². The van der Waals surface area contributed by atoms with Crippen molar-refractivity contribution in [2.75, 3.05) is 26.3 Å². The maximum absolute atomic E-state index is 12.2. The van der Waals surface area contributed by atoms with Crippen molar-refractivity contribution in [1.29, 1.82) is 0 Å². The van der Waals surface area contributed by atoms with Gasteiger partial charge in [0.2, 0.25) is 0 Å². The number of nitrogens with one attached hydrogen (secondary N) is 1. The van der Waals surface area contributed by atoms with Crippen LogP contribution in [0.4, 0.5) is 0 Å². The summed E-state index contributed by atoms with van der Waals surface area (Å²) in [5, 5.41) is 19.4. The zero-order valence-electron chi connectivity index (χ0n) is 12.7. The van der Waals surface area contributed by atoms with Gasteiger partial charge in [0.1, 0.15) is 0 Å². The molecule has 0 spiro atoms. The molecule has 3 rings (SSSR count). The van der Waals surface area contributed by atoms with Gasteiger partial charge >= 0.3 is 0 Å². The van der Waals surface area contributed by atoms with Crippen molar-refractivity contribution in [3.8, 4) is 0 Å². The summed E-state index contributed by atoms with van der Waals surface area (Å²) in [6.45, 7) is 4.28. The molecule has 0 bridgehead atoms. The highest BCUT2D eigenvalue weighted by molar-refractivity contribution is 5.79. The lowest BCUT2D eigenvalue weighted by Crippen LogP contribution is -2.22. The minimum absolute atomic E-state index is 0.0315. The van der Waals surface area contributed by atoms with Crippen LogP contribution in [0.1, 0.15) is 11.3 Å². The molecule has 1 fully saturated rings. The molecule has 5 nitrogen and oxygen atoms in total. The number of aromatic amines is 1. The van der Waals surface area contributed by atoms with Crippen LogP contribution in [0.2, 0.25) is 0 Å². The minimum atomic E-state index is 0.0315. The second-order valence-corrected chi connectivity index (χ2v) is 6.29. The van der Waals surface area contributed by atoms with Crippen molar-refractivity contribution < 1.29 is 10.2 Å². The third-order valence-electron chi connectivity index (χ3n) is 4.56. The number of benzene rings is 1. The number of aliphatic hydroxyl groups excluding tert-OH is 2. The second kappa shape index (κ2) is 6.20. The fourth-order valence-corrected chi connectivity index (χ4v) is 3.32. The van der Waals surface area contributed by atoms with Crippen LogP contribution in [0.15, 0.2) is 29.1 Å². The number of rotatable bonds is 4. The van der Waals surface area contributed by atoms with E-state index in [4.69, 9.17) is 0 Å². The number of hydrogen-bond donors (Lipinski definition) is 3. The molecule has 1 saturated heterocycles. The van der Waals surface area contributed by atoms with E-state index < -0.39 is 0 Å². The van der Waals surface area contributed by atoms with Crippen molar-refractivity contribution in [3.63, 3.8) is 0 Å². The molecule has 1 aromatic heterocycles. The van der Waals surface area contributed by atoms with E-state index in [0.717, 1.165) is 29.9 Å². The molecule has 1 aliphatic heterocycles. The van der Waals surface area contributed by atoms with E-state index >= 15 is 0 Å². The van der Waals surface area contributed by atoms with Gasteiger partial charge in [-0.05, 0) is 19.1 Å². The molecule has 2 heterocycles. The van der Waals surface area contributed by atoms with Crippen molar-refractivity contribution in [3.05, 3.63) is 45.7 Å². The average molecular weight is 302 g/mol. The summed E-state index contributed by atoms with van der Waals surface area (Å²) in [5.41, 5.74) is 2.83. The van der Waals surface area contributed by atoms with Crippen LogP contribution in [-0.2, 0) is 6.54 Å². The van der Waals surface area contributed by atoms with Crippen molar-refractivity contribution in [2.24, 2.45) is 11.8 Å². The normalized spacial score (nSPS) is 22.5. The number of nitrogens with zero attached hydrogens (tertiary/aromatic N) is 1. The molecule has 0 saturated carbocycles. The molecule has 1 aromatic carbocycles. The Kier molecular flexibility index (Phi) is 4.29. The highest BCUT2D eigenvalue weighted by Crippen LogP contribution is 2.24. The van der Waals surface area contributed by atoms with E-state index in [-0.39, 0.29) is 30.5 Å². The molecule has 0 aliphatic carbocycles. The van der Waals surface area contributed by atoms with Gasteiger partial charge in [0.25, 0.3) is 0 Å². The number of pyridine rings is 1. The fourth-order valence-electron chi connectivity index (χ4n) is 3.32. The Morgan fingerprint density at radius 2 is 1.86 bits per heavy atom. The number of hydrogen-bond acceptors (Lipinski definition) is 4. The Hall–Kier alpha value is -1.69. The third-order valence-corrected chi connectivity index (χ3v) is 4.56. The molecule has 0 amide bonds. The largest absolute Gasteiger partial charge is 0.396 e. The molecular formula is C17H22N2O3. The molecule has 0 unspecified atom stereocenters. The summed E-state index contributed by atoms with van der Waals surface area (Å²) in [7, 11) is 0. The van der Waals surface area contributed by atoms with Gasteiger partial charge in [-0.2, -0.15) is 0 Å². The summed E-state index contributed by atoms with van der Waals surface area (Å²) in [4.78, 5) is 17.7. The molecule has 1 aliphatic rings. The highest BCUT2D eigenvalue weighted by atomic mass is 16.3. The lowest BCUT2D eigenvalue weighted by atomic mass is 9.98. The van der Waals surface area contributed by atoms with Crippen LogP contribution in [-0.4, -0.2) is 46.4 Å². The average Bonchev–Trinajstić information content (AvgIpc) is 2.90. The molecule has 3 N–H and O–H groups in total. The van der Waals surface area contributed by atoms with Crippen molar-refractivity contribution >= 4 is 10.9 Å². The lowest BCUT2D eigenvalue weighted by Gasteiger charge is -2.16. The maximum Gasteiger partial charge on any atom is 0.189 e. The summed E-state index contributed by atoms with van der Waals surface area (Å²) in [5.74, 6) is 0.222. The number of likely N-dealkylation sites (tertiary alicyclic amines) is 1. The van der Waals surface area contributed by atoms with Crippen molar-refractivity contribution in [1.82, 2.24) is 9.88 Å². The number of aliphatic hydroxyl groups is 2. The molecule has 2 aromatic rings. The zero-order chi connectivity index (χ0) is 15.7. The van der Waals surface area contributed by atoms with E-state index in [9.17, 15) is 15.0 Å². The summed E-state index contributed by atoms with van der Waals surface area (Å²) >= 11 is 0. The second-order valence-electron chi connectivity index (χ2n) is 6.29. The Bertz CT molecular complexity index is 713. The lowest BCUT2D eigenvalue weighted by molar-refractivity contribution is 0.152. The molecule has 118 valence electrons. The number of aromatic nitrogens is 1. The van der Waals surface area contributed by atoms with Gasteiger partial charge in [-0.25, -0.2) is 0 Å². The maximum atomic E-state index is 12.2. The predicted octanol–water partition coefficient (Wildman–Crippen LogP) is 0.869. The topological polar surface area (TPSA) is 76.6 Å². The minimum Gasteiger partial charge on any atom is -0.396 e. The van der Waals surface area contributed by atoms with Crippen LogP contribution < -0.4 is 5.43 Å². The Balaban J connectivity index is 1.83. The van der Waals surface area contributed by atoms with Gasteiger partial charge < -0.3 is 15.2 Å². The van der Waals surface area contributed by atoms with E-state index in [1.54, 1.807) is 6.07 Å². The first-order valence-corrected chi connectivity index (χ1v) is 7.67. The zero-order valence-corrected chi connectivity index (χ0v) is 12.7. The summed E-state index contributed by atoms with van der Waals surface area (Å²) in [6.07, 6.45) is 0. The first-order valence-electron chi connectivity index (χ1n) is 7.67. The number of H-pyrrole nitrogens is 1. The first kappa shape index (κ1) is 15.2. The highest BCUT2D eigenvalue weighted by Gasteiger charge is 2.31. The molecule has 2 atom stereocenters. The van der Waals surface area contributed by atoms with Gasteiger partial charge in [0.05, 0.1) is 0 Å². The van der Waals surface area contributed by atoms with Gasteiger partial charge in [-0.3, -0.25) is 9.69 Å². The SMILES string of the molecule is Cc1ccc2[nH]c(CN3C[C@@H](CO)[C@H](CO)C3)cc(=O)c2c1. The number of fused-ring (bicyclic) bond motifs is 1. The molecule has 0 radical (unpaired) electrons. The summed E-state index contributed by atoms with van der Waals surface area (Å²) < 4.78 is 0. The Morgan fingerprint density at radius 3 is 2.50 bits per heavy atom. The van der Waals surface area contributed by atoms with Crippen LogP contribution >= 0.6 is 0 Å². The third kappa shape index (κ3) is 2.92. The van der Waals surface area contributed by atoms with Gasteiger partial charge in [0.15, 0.2) is 5.43 Å². The van der Waals surface area contributed by atoms with E-state index in [1.165, 1.54) is 0 Å². The van der Waals surface area contributed by atoms with Crippen LogP contribution in [0, 0.1) is 18.8 Å².